The van der Waals surface area contributed by atoms with Gasteiger partial charge in [-0.1, -0.05) is 0 Å². The molecule has 0 bridgehead atoms. The van der Waals surface area contributed by atoms with E-state index in [2.05, 4.69) is 26.1 Å². The maximum Gasteiger partial charge on any atom is 0.251 e. The van der Waals surface area contributed by atoms with Gasteiger partial charge in [0.1, 0.15) is 0 Å². The fourth-order valence-corrected chi connectivity index (χ4v) is 2.29. The molecule has 0 unspecified atom stereocenters. The van der Waals surface area contributed by atoms with Gasteiger partial charge in [0.15, 0.2) is 0 Å². The quantitative estimate of drug-likeness (QED) is 0.583. The van der Waals surface area contributed by atoms with Gasteiger partial charge in [-0.3, -0.25) is 4.79 Å². The van der Waals surface area contributed by atoms with Crippen LogP contribution in [0.25, 0.3) is 0 Å². The molecule has 0 aliphatic rings. The van der Waals surface area contributed by atoms with E-state index in [1.807, 2.05) is 0 Å². The molecular formula is C15H26N3O+. The minimum Gasteiger partial charge on any atom is -0.399 e. The molecular weight excluding hydrogens is 238 g/mol. The van der Waals surface area contributed by atoms with E-state index in [1.165, 1.54) is 0 Å². The van der Waals surface area contributed by atoms with Gasteiger partial charge in [0.05, 0.1) is 32.7 Å². The summed E-state index contributed by atoms with van der Waals surface area (Å²) in [5.41, 5.74) is 6.94. The highest BCUT2D eigenvalue weighted by Crippen LogP contribution is 2.06. The summed E-state index contributed by atoms with van der Waals surface area (Å²) in [5.74, 6) is -0.0265. The molecule has 3 N–H and O–H groups in total. The van der Waals surface area contributed by atoms with Gasteiger partial charge in [0.25, 0.3) is 5.91 Å². The fourth-order valence-electron chi connectivity index (χ4n) is 2.29. The van der Waals surface area contributed by atoms with Crippen LogP contribution in [0, 0.1) is 0 Å². The summed E-state index contributed by atoms with van der Waals surface area (Å²) in [7, 11) is 0. The smallest absolute Gasteiger partial charge is 0.251 e. The molecule has 19 heavy (non-hydrogen) atoms. The van der Waals surface area contributed by atoms with Crippen LogP contribution in [0.4, 0.5) is 5.69 Å². The van der Waals surface area contributed by atoms with Crippen LogP contribution in [0.3, 0.4) is 0 Å². The Bertz CT molecular complexity index is 388. The van der Waals surface area contributed by atoms with E-state index in [-0.39, 0.29) is 5.91 Å². The van der Waals surface area contributed by atoms with Gasteiger partial charge >= 0.3 is 0 Å². The number of likely N-dealkylation sites (N-methyl/N-ethyl adjacent to an activating group) is 1. The molecule has 0 aliphatic heterocycles. The van der Waals surface area contributed by atoms with Gasteiger partial charge in [-0.05, 0) is 45.0 Å². The van der Waals surface area contributed by atoms with E-state index in [9.17, 15) is 4.79 Å². The van der Waals surface area contributed by atoms with E-state index >= 15 is 0 Å². The normalized spacial score (nSPS) is 11.3. The summed E-state index contributed by atoms with van der Waals surface area (Å²) in [6.45, 7) is 11.6. The SMILES string of the molecule is CC[N+](CC)(CC)CCNC(=O)c1ccc(N)cc1. The Labute approximate surface area is 116 Å². The zero-order valence-corrected chi connectivity index (χ0v) is 12.3. The van der Waals surface area contributed by atoms with Crippen LogP contribution in [-0.4, -0.2) is 43.1 Å². The third-order valence-electron chi connectivity index (χ3n) is 4.06. The Morgan fingerprint density at radius 1 is 1.11 bits per heavy atom. The predicted molar refractivity (Wildman–Crippen MR) is 79.9 cm³/mol. The number of carbonyl (C=O) groups excluding carboxylic acids is 1. The second-order valence-corrected chi connectivity index (χ2v) is 4.89. The average Bonchev–Trinajstić information content (AvgIpc) is 2.45. The van der Waals surface area contributed by atoms with E-state index in [0.717, 1.165) is 30.7 Å². The van der Waals surface area contributed by atoms with Crippen molar-refractivity contribution in [1.29, 1.82) is 0 Å². The van der Waals surface area contributed by atoms with E-state index < -0.39 is 0 Å². The van der Waals surface area contributed by atoms with Gasteiger partial charge in [0.2, 0.25) is 0 Å². The van der Waals surface area contributed by atoms with Crippen LogP contribution in [-0.2, 0) is 0 Å². The molecule has 0 saturated heterocycles. The number of nitrogens with two attached hydrogens (primary N) is 1. The highest BCUT2D eigenvalue weighted by atomic mass is 16.1. The van der Waals surface area contributed by atoms with Crippen molar-refractivity contribution in [3.8, 4) is 0 Å². The third-order valence-corrected chi connectivity index (χ3v) is 4.06. The van der Waals surface area contributed by atoms with Crippen LogP contribution >= 0.6 is 0 Å². The lowest BCUT2D eigenvalue weighted by Gasteiger charge is -2.35. The molecule has 4 nitrogen and oxygen atoms in total. The van der Waals surface area contributed by atoms with Crippen molar-refractivity contribution in [2.45, 2.75) is 20.8 Å². The predicted octanol–water partition coefficient (Wildman–Crippen LogP) is 1.88. The molecule has 1 amide bonds. The maximum absolute atomic E-state index is 11.9. The summed E-state index contributed by atoms with van der Waals surface area (Å²) in [4.78, 5) is 11.9. The molecule has 0 saturated carbocycles. The van der Waals surface area contributed by atoms with Crippen molar-refractivity contribution < 1.29 is 9.28 Å². The lowest BCUT2D eigenvalue weighted by Crippen LogP contribution is -2.51. The number of nitrogens with zero attached hydrogens (tertiary/aromatic N) is 1. The zero-order valence-electron chi connectivity index (χ0n) is 12.3. The molecule has 4 heteroatoms. The zero-order chi connectivity index (χ0) is 14.3. The summed E-state index contributed by atoms with van der Waals surface area (Å²) in [6.07, 6.45) is 0. The number of quaternary nitrogens is 1. The Morgan fingerprint density at radius 2 is 1.63 bits per heavy atom. The van der Waals surface area contributed by atoms with E-state index in [1.54, 1.807) is 24.3 Å². The monoisotopic (exact) mass is 264 g/mol. The van der Waals surface area contributed by atoms with Crippen molar-refractivity contribution in [2.75, 3.05) is 38.5 Å². The molecule has 0 fully saturated rings. The number of hydrogen-bond acceptors (Lipinski definition) is 2. The fraction of sp³-hybridized carbons (Fsp3) is 0.533. The number of nitrogens with one attached hydrogen (secondary N) is 1. The summed E-state index contributed by atoms with van der Waals surface area (Å²) >= 11 is 0. The lowest BCUT2D eigenvalue weighted by molar-refractivity contribution is -0.922. The van der Waals surface area contributed by atoms with Crippen LogP contribution in [0.15, 0.2) is 24.3 Å². The summed E-state index contributed by atoms with van der Waals surface area (Å²) < 4.78 is 1.04. The second kappa shape index (κ2) is 7.14. The molecule has 0 aliphatic carbocycles. The van der Waals surface area contributed by atoms with Crippen LogP contribution in [0.1, 0.15) is 31.1 Å². The minimum absolute atomic E-state index is 0.0265. The van der Waals surface area contributed by atoms with Gasteiger partial charge < -0.3 is 15.5 Å². The van der Waals surface area contributed by atoms with E-state index in [0.29, 0.717) is 17.8 Å². The average molecular weight is 264 g/mol. The van der Waals surface area contributed by atoms with Crippen LogP contribution in [0.2, 0.25) is 0 Å². The number of benzene rings is 1. The number of anilines is 1. The minimum atomic E-state index is -0.0265. The summed E-state index contributed by atoms with van der Waals surface area (Å²) in [6, 6.07) is 7.01. The highest BCUT2D eigenvalue weighted by molar-refractivity contribution is 5.94. The van der Waals surface area contributed by atoms with Crippen LogP contribution < -0.4 is 11.1 Å². The molecule has 0 spiro atoms. The Kier molecular flexibility index (Phi) is 5.83. The topological polar surface area (TPSA) is 55.1 Å². The maximum atomic E-state index is 11.9. The number of hydrogen-bond donors (Lipinski definition) is 2. The Balaban J connectivity index is 2.48. The number of rotatable bonds is 7. The molecule has 1 rings (SSSR count). The molecule has 1 aromatic carbocycles. The van der Waals surface area contributed by atoms with Crippen molar-refractivity contribution in [3.63, 3.8) is 0 Å². The van der Waals surface area contributed by atoms with Crippen molar-refractivity contribution in [3.05, 3.63) is 29.8 Å². The second-order valence-electron chi connectivity index (χ2n) is 4.89. The first-order chi connectivity index (χ1) is 9.06. The van der Waals surface area contributed by atoms with Gasteiger partial charge in [0, 0.05) is 11.3 Å². The standard InChI is InChI=1S/C15H25N3O/c1-4-18(5-2,6-3)12-11-17-15(19)13-7-9-14(16)10-8-13/h7-10H,4-6,11-12H2,1-3H3,(H2-,16,17,19)/p+1. The number of amides is 1. The van der Waals surface area contributed by atoms with Gasteiger partial charge in [-0.2, -0.15) is 0 Å². The molecule has 1 aromatic rings. The van der Waals surface area contributed by atoms with Gasteiger partial charge in [-0.25, -0.2) is 0 Å². The number of carbonyl (C=O) groups is 1. The highest BCUT2D eigenvalue weighted by Gasteiger charge is 2.20. The molecule has 0 aromatic heterocycles. The molecule has 0 radical (unpaired) electrons. The Hall–Kier alpha value is -1.55. The molecule has 106 valence electrons. The third kappa shape index (κ3) is 4.24. The van der Waals surface area contributed by atoms with Crippen molar-refractivity contribution in [1.82, 2.24) is 5.32 Å². The van der Waals surface area contributed by atoms with Crippen molar-refractivity contribution in [2.24, 2.45) is 0 Å². The van der Waals surface area contributed by atoms with Crippen molar-refractivity contribution >= 4 is 11.6 Å². The first-order valence-corrected chi connectivity index (χ1v) is 7.05. The first kappa shape index (κ1) is 15.5. The molecule has 0 atom stereocenters. The number of nitrogen functional groups attached to an aromatic ring is 1. The summed E-state index contributed by atoms with van der Waals surface area (Å²) in [5, 5.41) is 2.98. The molecule has 0 heterocycles. The first-order valence-electron chi connectivity index (χ1n) is 7.05. The largest absolute Gasteiger partial charge is 0.399 e. The van der Waals surface area contributed by atoms with Crippen LogP contribution in [0.5, 0.6) is 0 Å². The lowest BCUT2D eigenvalue weighted by atomic mass is 10.2. The van der Waals surface area contributed by atoms with E-state index in [4.69, 9.17) is 5.73 Å². The van der Waals surface area contributed by atoms with Gasteiger partial charge in [-0.15, -0.1) is 0 Å². The Morgan fingerprint density at radius 3 is 2.11 bits per heavy atom.